The molecule has 2 aromatic carbocycles. The van der Waals surface area contributed by atoms with Crippen LogP contribution in [0, 0.1) is 11.6 Å². The van der Waals surface area contributed by atoms with E-state index in [0.29, 0.717) is 42.5 Å². The summed E-state index contributed by atoms with van der Waals surface area (Å²) >= 11 is 6.20. The van der Waals surface area contributed by atoms with Crippen molar-refractivity contribution in [3.63, 3.8) is 0 Å². The van der Waals surface area contributed by atoms with Gasteiger partial charge in [0, 0.05) is 49.4 Å². The van der Waals surface area contributed by atoms with Gasteiger partial charge in [-0.25, -0.2) is 8.78 Å². The Labute approximate surface area is 240 Å². The monoisotopic (exact) mass is 601 g/mol. The molecule has 4 rings (SSSR count). The fraction of sp³-hybridized carbons (Fsp3) is 0.500. The zero-order valence-electron chi connectivity index (χ0n) is 22.8. The summed E-state index contributed by atoms with van der Waals surface area (Å²) in [6, 6.07) is 6.59. The molecule has 2 heterocycles. The van der Waals surface area contributed by atoms with Crippen molar-refractivity contribution in [3.05, 3.63) is 58.1 Å². The van der Waals surface area contributed by atoms with Crippen molar-refractivity contribution in [3.8, 4) is 0 Å². The molecule has 224 valence electrons. The highest BCUT2D eigenvalue weighted by Crippen LogP contribution is 2.32. The Morgan fingerprint density at radius 3 is 2.49 bits per heavy atom. The fourth-order valence-electron chi connectivity index (χ4n) is 5.32. The van der Waals surface area contributed by atoms with Crippen molar-refractivity contribution in [2.24, 2.45) is 0 Å². The second-order valence-electron chi connectivity index (χ2n) is 10.6. The number of halogens is 6. The number of hydrogen-bond donors (Lipinski definition) is 2. The zero-order valence-corrected chi connectivity index (χ0v) is 23.6. The van der Waals surface area contributed by atoms with Gasteiger partial charge in [-0.05, 0) is 57.6 Å². The first-order valence-electron chi connectivity index (χ1n) is 13.5. The van der Waals surface area contributed by atoms with Crippen molar-refractivity contribution in [2.45, 2.75) is 51.0 Å². The van der Waals surface area contributed by atoms with Gasteiger partial charge in [-0.3, -0.25) is 19.4 Å². The van der Waals surface area contributed by atoms with Gasteiger partial charge >= 0.3 is 6.18 Å². The zero-order chi connectivity index (χ0) is 29.9. The molecule has 2 N–H and O–H groups in total. The highest BCUT2D eigenvalue weighted by molar-refractivity contribution is 6.31. The number of benzene rings is 2. The Balaban J connectivity index is 1.43. The maximum atomic E-state index is 15.0. The third-order valence-electron chi connectivity index (χ3n) is 7.68. The third-order valence-corrected chi connectivity index (χ3v) is 7.91. The summed E-state index contributed by atoms with van der Waals surface area (Å²) in [7, 11) is 1.83. The molecule has 0 aromatic heterocycles. The molecule has 0 saturated carbocycles. The molecule has 0 bridgehead atoms. The summed E-state index contributed by atoms with van der Waals surface area (Å²) in [5.74, 6) is -3.71. The average molecular weight is 602 g/mol. The maximum Gasteiger partial charge on any atom is 0.390 e. The molecule has 2 atom stereocenters. The lowest BCUT2D eigenvalue weighted by atomic mass is 10.1. The Morgan fingerprint density at radius 1 is 1.07 bits per heavy atom. The number of anilines is 2. The van der Waals surface area contributed by atoms with Gasteiger partial charge in [0.15, 0.2) is 11.6 Å². The number of nitrogens with zero attached hydrogens (tertiary/aromatic N) is 3. The Kier molecular flexibility index (Phi) is 9.76. The van der Waals surface area contributed by atoms with E-state index < -0.39 is 35.7 Å². The van der Waals surface area contributed by atoms with E-state index in [1.807, 2.05) is 23.8 Å². The lowest BCUT2D eigenvalue weighted by molar-refractivity contribution is -0.139. The number of nitrogens with one attached hydrogen (secondary N) is 2. The Bertz CT molecular complexity index is 1280. The van der Waals surface area contributed by atoms with Crippen LogP contribution < -0.4 is 15.5 Å². The van der Waals surface area contributed by atoms with Crippen LogP contribution in [0.25, 0.3) is 0 Å². The number of likely N-dealkylation sites (tertiary alicyclic amines) is 1. The van der Waals surface area contributed by atoms with Gasteiger partial charge in [-0.15, -0.1) is 0 Å². The second-order valence-corrected chi connectivity index (χ2v) is 11.0. The number of alkyl halides is 3. The van der Waals surface area contributed by atoms with Crippen LogP contribution in [0.5, 0.6) is 0 Å². The van der Waals surface area contributed by atoms with Gasteiger partial charge < -0.3 is 15.5 Å². The maximum absolute atomic E-state index is 15.0. The number of amides is 2. The summed E-state index contributed by atoms with van der Waals surface area (Å²) in [5, 5.41) is 5.63. The highest BCUT2D eigenvalue weighted by Gasteiger charge is 2.32. The molecule has 2 amide bonds. The van der Waals surface area contributed by atoms with Gasteiger partial charge in [-0.1, -0.05) is 17.7 Å². The van der Waals surface area contributed by atoms with Crippen LogP contribution in [0.15, 0.2) is 30.3 Å². The largest absolute Gasteiger partial charge is 0.390 e. The van der Waals surface area contributed by atoms with Gasteiger partial charge in [0.25, 0.3) is 5.91 Å². The first-order valence-corrected chi connectivity index (χ1v) is 13.8. The first kappa shape index (κ1) is 31.0. The van der Waals surface area contributed by atoms with Crippen molar-refractivity contribution < 1.29 is 31.5 Å². The second kappa shape index (κ2) is 12.9. The average Bonchev–Trinajstić information content (AvgIpc) is 3.35. The van der Waals surface area contributed by atoms with Crippen LogP contribution in [0.4, 0.5) is 33.3 Å². The Hall–Kier alpha value is -2.96. The topological polar surface area (TPSA) is 67.9 Å². The third kappa shape index (κ3) is 7.66. The van der Waals surface area contributed by atoms with E-state index in [1.165, 1.54) is 18.2 Å². The van der Waals surface area contributed by atoms with Crippen molar-refractivity contribution in [1.82, 2.24) is 15.1 Å². The number of likely N-dealkylation sites (N-methyl/N-ethyl adjacent to an activating group) is 1. The minimum atomic E-state index is -4.24. The molecule has 2 saturated heterocycles. The van der Waals surface area contributed by atoms with E-state index >= 15 is 0 Å². The van der Waals surface area contributed by atoms with Crippen molar-refractivity contribution in [2.75, 3.05) is 50.0 Å². The Morgan fingerprint density at radius 2 is 1.83 bits per heavy atom. The standard InChI is InChI=1S/C28H33ClF5N5O2/c1-17-16-39(13-12-38(17)11-9-28(32,33)34)23-14-19(29)6-8-21(23)36-26(40)20-7-5-18(24(30)25(20)31)15-35-27(41)22-4-3-10-37(22)2/h5-8,14,17,22H,3-4,9-13,15-16H2,1-2H3,(H,35,41)(H,36,40)/t17-,22+/m1/s1. The van der Waals surface area contributed by atoms with E-state index in [2.05, 4.69) is 10.6 Å². The minimum Gasteiger partial charge on any atom is -0.367 e. The normalized spacial score (nSPS) is 20.3. The quantitative estimate of drug-likeness (QED) is 0.415. The number of piperazine rings is 1. The molecule has 41 heavy (non-hydrogen) atoms. The summed E-state index contributed by atoms with van der Waals surface area (Å²) in [5.41, 5.74) is 0.217. The van der Waals surface area contributed by atoms with Crippen LogP contribution >= 0.6 is 11.6 Å². The predicted octanol–water partition coefficient (Wildman–Crippen LogP) is 5.04. The molecule has 0 aliphatic carbocycles. The molecule has 2 aliphatic heterocycles. The molecule has 13 heteroatoms. The fourth-order valence-corrected chi connectivity index (χ4v) is 5.49. The van der Waals surface area contributed by atoms with Crippen LogP contribution in [-0.2, 0) is 11.3 Å². The van der Waals surface area contributed by atoms with Crippen LogP contribution in [0.2, 0.25) is 5.02 Å². The van der Waals surface area contributed by atoms with Gasteiger partial charge in [0.1, 0.15) is 0 Å². The number of carbonyl (C=O) groups is 2. The number of rotatable bonds is 8. The lowest BCUT2D eigenvalue weighted by Gasteiger charge is -2.41. The highest BCUT2D eigenvalue weighted by atomic mass is 35.5. The lowest BCUT2D eigenvalue weighted by Crippen LogP contribution is -2.52. The van der Waals surface area contributed by atoms with Crippen molar-refractivity contribution in [1.29, 1.82) is 0 Å². The summed E-state index contributed by atoms with van der Waals surface area (Å²) in [6.45, 7) is 3.40. The molecule has 2 aromatic rings. The molecule has 0 radical (unpaired) electrons. The SMILES string of the molecule is C[C@@H]1CN(c2cc(Cl)ccc2NC(=O)c2ccc(CNC(=O)[C@@H]3CCCN3C)c(F)c2F)CCN1CCC(F)(F)F. The molecular formula is C28H33ClF5N5O2. The summed E-state index contributed by atoms with van der Waals surface area (Å²) in [4.78, 5) is 31.0. The van der Waals surface area contributed by atoms with E-state index in [1.54, 1.807) is 11.0 Å². The van der Waals surface area contributed by atoms with Crippen LogP contribution in [0.3, 0.4) is 0 Å². The minimum absolute atomic E-state index is 0.0855. The van der Waals surface area contributed by atoms with E-state index in [-0.39, 0.29) is 36.6 Å². The number of hydrogen-bond acceptors (Lipinski definition) is 5. The van der Waals surface area contributed by atoms with E-state index in [0.717, 1.165) is 19.0 Å². The van der Waals surface area contributed by atoms with Gasteiger partial charge in [0.2, 0.25) is 5.91 Å². The summed E-state index contributed by atoms with van der Waals surface area (Å²) in [6.07, 6.45) is -3.57. The van der Waals surface area contributed by atoms with E-state index in [4.69, 9.17) is 11.6 Å². The van der Waals surface area contributed by atoms with Gasteiger partial charge in [0.05, 0.1) is 29.4 Å². The predicted molar refractivity (Wildman–Crippen MR) is 147 cm³/mol. The molecular weight excluding hydrogens is 569 g/mol. The summed E-state index contributed by atoms with van der Waals surface area (Å²) < 4.78 is 68.0. The molecule has 0 unspecified atom stereocenters. The number of carbonyl (C=O) groups excluding carboxylic acids is 2. The smallest absolute Gasteiger partial charge is 0.367 e. The van der Waals surface area contributed by atoms with Crippen LogP contribution in [-0.4, -0.2) is 79.6 Å². The van der Waals surface area contributed by atoms with Gasteiger partial charge in [-0.2, -0.15) is 13.2 Å². The van der Waals surface area contributed by atoms with E-state index in [9.17, 15) is 31.5 Å². The molecule has 2 fully saturated rings. The molecule has 2 aliphatic rings. The van der Waals surface area contributed by atoms with Crippen LogP contribution in [0.1, 0.15) is 42.1 Å². The molecule has 0 spiro atoms. The van der Waals surface area contributed by atoms with Crippen molar-refractivity contribution >= 4 is 34.8 Å². The first-order chi connectivity index (χ1) is 19.3. The molecule has 7 nitrogen and oxygen atoms in total.